The number of rotatable bonds is 7. The second-order valence-electron chi connectivity index (χ2n) is 8.08. The molecule has 0 saturated heterocycles. The van der Waals surface area contributed by atoms with Crippen LogP contribution in [0.5, 0.6) is 0 Å². The molecule has 2 unspecified atom stereocenters. The SMILES string of the molecule is CC(C)CNC(CC1CCCCC1(C)C)C(=O)C(C)C. The van der Waals surface area contributed by atoms with Gasteiger partial charge in [0.05, 0.1) is 6.04 Å². The van der Waals surface area contributed by atoms with E-state index in [0.717, 1.165) is 13.0 Å². The van der Waals surface area contributed by atoms with Gasteiger partial charge in [-0.2, -0.15) is 0 Å². The minimum atomic E-state index is 0.0553. The quantitative estimate of drug-likeness (QED) is 0.748. The molecule has 0 bridgehead atoms. The van der Waals surface area contributed by atoms with Gasteiger partial charge in [-0.25, -0.2) is 0 Å². The van der Waals surface area contributed by atoms with Crippen molar-refractivity contribution in [2.45, 2.75) is 79.7 Å². The first-order valence-corrected chi connectivity index (χ1v) is 8.51. The number of hydrogen-bond donors (Lipinski definition) is 1. The van der Waals surface area contributed by atoms with Crippen molar-refractivity contribution < 1.29 is 4.79 Å². The Kier molecular flexibility index (Phi) is 6.71. The predicted molar refractivity (Wildman–Crippen MR) is 86.8 cm³/mol. The molecular weight excluding hydrogens is 246 g/mol. The highest BCUT2D eigenvalue weighted by molar-refractivity contribution is 5.85. The van der Waals surface area contributed by atoms with Gasteiger partial charge in [-0.1, -0.05) is 54.4 Å². The van der Waals surface area contributed by atoms with Crippen LogP contribution < -0.4 is 5.32 Å². The summed E-state index contributed by atoms with van der Waals surface area (Å²) in [7, 11) is 0. The summed E-state index contributed by atoms with van der Waals surface area (Å²) in [6, 6.07) is 0.0553. The third-order valence-electron chi connectivity index (χ3n) is 4.93. The Balaban J connectivity index is 2.69. The van der Waals surface area contributed by atoms with Gasteiger partial charge >= 0.3 is 0 Å². The van der Waals surface area contributed by atoms with Crippen LogP contribution in [0.3, 0.4) is 0 Å². The van der Waals surface area contributed by atoms with E-state index in [9.17, 15) is 4.79 Å². The van der Waals surface area contributed by atoms with Crippen molar-refractivity contribution in [3.63, 3.8) is 0 Å². The average molecular weight is 281 g/mol. The van der Waals surface area contributed by atoms with Crippen LogP contribution in [0.1, 0.15) is 73.6 Å². The van der Waals surface area contributed by atoms with Crippen molar-refractivity contribution in [3.05, 3.63) is 0 Å². The molecule has 1 aliphatic rings. The molecule has 118 valence electrons. The lowest BCUT2D eigenvalue weighted by Gasteiger charge is -2.40. The van der Waals surface area contributed by atoms with Crippen molar-refractivity contribution in [1.29, 1.82) is 0 Å². The topological polar surface area (TPSA) is 29.1 Å². The molecule has 0 heterocycles. The van der Waals surface area contributed by atoms with Gasteiger partial charge in [0.1, 0.15) is 0 Å². The second-order valence-corrected chi connectivity index (χ2v) is 8.08. The molecule has 0 aromatic heterocycles. The summed E-state index contributed by atoms with van der Waals surface area (Å²) >= 11 is 0. The molecule has 2 nitrogen and oxygen atoms in total. The van der Waals surface area contributed by atoms with E-state index in [0.29, 0.717) is 23.0 Å². The van der Waals surface area contributed by atoms with Crippen LogP contribution in [-0.2, 0) is 4.79 Å². The van der Waals surface area contributed by atoms with Gasteiger partial charge in [-0.05, 0) is 43.1 Å². The van der Waals surface area contributed by atoms with Gasteiger partial charge in [0.2, 0.25) is 0 Å². The number of carbonyl (C=O) groups excluding carboxylic acids is 1. The maximum absolute atomic E-state index is 12.5. The van der Waals surface area contributed by atoms with Crippen LogP contribution in [0.15, 0.2) is 0 Å². The molecule has 2 heteroatoms. The largest absolute Gasteiger partial charge is 0.307 e. The molecule has 0 amide bonds. The number of carbonyl (C=O) groups is 1. The highest BCUT2D eigenvalue weighted by Gasteiger charge is 2.35. The fraction of sp³-hybridized carbons (Fsp3) is 0.944. The van der Waals surface area contributed by atoms with Crippen LogP contribution in [0, 0.1) is 23.2 Å². The zero-order chi connectivity index (χ0) is 15.3. The van der Waals surface area contributed by atoms with Crippen molar-refractivity contribution >= 4 is 5.78 Å². The van der Waals surface area contributed by atoms with Crippen LogP contribution in [0.2, 0.25) is 0 Å². The van der Waals surface area contributed by atoms with Crippen molar-refractivity contribution in [2.24, 2.45) is 23.2 Å². The normalized spacial score (nSPS) is 24.1. The predicted octanol–water partition coefficient (Wildman–Crippen LogP) is 4.43. The van der Waals surface area contributed by atoms with Gasteiger partial charge in [0.25, 0.3) is 0 Å². The lowest BCUT2D eigenvalue weighted by atomic mass is 9.66. The summed E-state index contributed by atoms with van der Waals surface area (Å²) in [6.45, 7) is 14.2. The summed E-state index contributed by atoms with van der Waals surface area (Å²) in [5.41, 5.74) is 0.396. The number of ketones is 1. The molecule has 2 atom stereocenters. The summed E-state index contributed by atoms with van der Waals surface area (Å²) in [4.78, 5) is 12.5. The lowest BCUT2D eigenvalue weighted by Crippen LogP contribution is -2.44. The second kappa shape index (κ2) is 7.59. The smallest absolute Gasteiger partial charge is 0.152 e. The number of nitrogens with one attached hydrogen (secondary N) is 1. The van der Waals surface area contributed by atoms with Crippen LogP contribution in [0.25, 0.3) is 0 Å². The Hall–Kier alpha value is -0.370. The van der Waals surface area contributed by atoms with Gasteiger partial charge in [0, 0.05) is 5.92 Å². The molecule has 0 radical (unpaired) electrons. The van der Waals surface area contributed by atoms with E-state index >= 15 is 0 Å². The van der Waals surface area contributed by atoms with E-state index < -0.39 is 0 Å². The molecule has 1 saturated carbocycles. The first kappa shape index (κ1) is 17.7. The van der Waals surface area contributed by atoms with E-state index in [2.05, 4.69) is 33.0 Å². The van der Waals surface area contributed by atoms with E-state index in [1.165, 1.54) is 25.7 Å². The molecule has 0 aliphatic heterocycles. The molecule has 0 aromatic rings. The summed E-state index contributed by atoms with van der Waals surface area (Å²) in [5, 5.41) is 3.54. The third kappa shape index (κ3) is 5.20. The molecule has 1 rings (SSSR count). The maximum Gasteiger partial charge on any atom is 0.152 e. The zero-order valence-corrected chi connectivity index (χ0v) is 14.5. The van der Waals surface area contributed by atoms with Crippen LogP contribution in [-0.4, -0.2) is 18.4 Å². The Morgan fingerprint density at radius 2 is 1.85 bits per heavy atom. The Bertz CT molecular complexity index is 307. The molecule has 1 fully saturated rings. The summed E-state index contributed by atoms with van der Waals surface area (Å²) < 4.78 is 0. The highest BCUT2D eigenvalue weighted by atomic mass is 16.1. The Labute approximate surface area is 126 Å². The zero-order valence-electron chi connectivity index (χ0n) is 14.5. The van der Waals surface area contributed by atoms with Gasteiger partial charge in [-0.3, -0.25) is 4.79 Å². The number of Topliss-reactive ketones (excluding diaryl/α,β-unsaturated/α-hetero) is 1. The van der Waals surface area contributed by atoms with E-state index in [-0.39, 0.29) is 12.0 Å². The third-order valence-corrected chi connectivity index (χ3v) is 4.93. The van der Waals surface area contributed by atoms with Crippen molar-refractivity contribution in [2.75, 3.05) is 6.54 Å². The summed E-state index contributed by atoms with van der Waals surface area (Å²) in [5.74, 6) is 1.80. The minimum absolute atomic E-state index is 0.0553. The minimum Gasteiger partial charge on any atom is -0.307 e. The van der Waals surface area contributed by atoms with Gasteiger partial charge in [0.15, 0.2) is 5.78 Å². The molecule has 1 aliphatic carbocycles. The standard InChI is InChI=1S/C18H35NO/c1-13(2)12-19-16(17(20)14(3)4)11-15-9-7-8-10-18(15,5)6/h13-16,19H,7-12H2,1-6H3. The molecular formula is C18H35NO. The fourth-order valence-corrected chi connectivity index (χ4v) is 3.37. The molecule has 0 aromatic carbocycles. The van der Waals surface area contributed by atoms with Crippen LogP contribution in [0.4, 0.5) is 0 Å². The van der Waals surface area contributed by atoms with E-state index in [1.54, 1.807) is 0 Å². The van der Waals surface area contributed by atoms with Crippen molar-refractivity contribution in [1.82, 2.24) is 5.32 Å². The van der Waals surface area contributed by atoms with Gasteiger partial charge < -0.3 is 5.32 Å². The summed E-state index contributed by atoms with van der Waals surface area (Å²) in [6.07, 6.45) is 6.31. The average Bonchev–Trinajstić information content (AvgIpc) is 2.34. The van der Waals surface area contributed by atoms with Gasteiger partial charge in [-0.15, -0.1) is 0 Å². The molecule has 1 N–H and O–H groups in total. The Morgan fingerprint density at radius 1 is 1.20 bits per heavy atom. The first-order chi connectivity index (χ1) is 9.24. The Morgan fingerprint density at radius 3 is 2.35 bits per heavy atom. The first-order valence-electron chi connectivity index (χ1n) is 8.51. The van der Waals surface area contributed by atoms with Crippen molar-refractivity contribution in [3.8, 4) is 0 Å². The lowest BCUT2D eigenvalue weighted by molar-refractivity contribution is -0.124. The highest BCUT2D eigenvalue weighted by Crippen LogP contribution is 2.43. The number of hydrogen-bond acceptors (Lipinski definition) is 2. The van der Waals surface area contributed by atoms with E-state index in [1.807, 2.05) is 13.8 Å². The molecule has 20 heavy (non-hydrogen) atoms. The van der Waals surface area contributed by atoms with Crippen LogP contribution >= 0.6 is 0 Å². The molecule has 0 spiro atoms. The monoisotopic (exact) mass is 281 g/mol. The van der Waals surface area contributed by atoms with E-state index in [4.69, 9.17) is 0 Å². The maximum atomic E-state index is 12.5. The fourth-order valence-electron chi connectivity index (χ4n) is 3.37.